The van der Waals surface area contributed by atoms with E-state index in [1.807, 2.05) is 36.1 Å². The molecule has 0 radical (unpaired) electrons. The third kappa shape index (κ3) is 5.53. The van der Waals surface area contributed by atoms with Crippen LogP contribution in [0.25, 0.3) is 0 Å². The van der Waals surface area contributed by atoms with Gasteiger partial charge in [-0.1, -0.05) is 17.7 Å². The molecule has 0 aromatic heterocycles. The number of aryl methyl sites for hydroxylation is 1. The predicted octanol–water partition coefficient (Wildman–Crippen LogP) is 1.47. The Morgan fingerprint density at radius 2 is 1.62 bits per heavy atom. The highest BCUT2D eigenvalue weighted by atomic mass is 16.5. The van der Waals surface area contributed by atoms with Gasteiger partial charge in [-0.2, -0.15) is 0 Å². The highest BCUT2D eigenvalue weighted by Gasteiger charge is 2.22. The van der Waals surface area contributed by atoms with Crippen LogP contribution in [0.15, 0.2) is 24.3 Å². The van der Waals surface area contributed by atoms with Crippen molar-refractivity contribution in [2.45, 2.75) is 19.8 Å². The van der Waals surface area contributed by atoms with Crippen molar-refractivity contribution < 1.29 is 19.1 Å². The molecule has 1 aliphatic rings. The molecule has 1 fully saturated rings. The van der Waals surface area contributed by atoms with Crippen molar-refractivity contribution in [3.8, 4) is 5.75 Å². The van der Waals surface area contributed by atoms with E-state index in [-0.39, 0.29) is 18.4 Å². The van der Waals surface area contributed by atoms with Crippen LogP contribution < -0.4 is 4.74 Å². The first-order chi connectivity index (χ1) is 11.6. The minimum Gasteiger partial charge on any atom is -0.484 e. The van der Waals surface area contributed by atoms with Gasteiger partial charge in [0.25, 0.3) is 5.91 Å². The van der Waals surface area contributed by atoms with Crippen molar-refractivity contribution >= 4 is 11.8 Å². The van der Waals surface area contributed by atoms with Crippen molar-refractivity contribution in [1.29, 1.82) is 0 Å². The molecule has 132 valence electrons. The van der Waals surface area contributed by atoms with Gasteiger partial charge in [-0.3, -0.25) is 9.59 Å². The second-order valence-electron chi connectivity index (χ2n) is 5.96. The standard InChI is InChI=1S/C18H26N2O4/c1-15-4-6-16(7-5-15)24-14-18(22)20-10-3-9-19(11-12-20)17(21)8-13-23-2/h4-7H,3,8-14H2,1-2H3. The molecule has 6 heteroatoms. The molecule has 1 aliphatic heterocycles. The van der Waals surface area contributed by atoms with Gasteiger partial charge < -0.3 is 19.3 Å². The van der Waals surface area contributed by atoms with Gasteiger partial charge in [0.1, 0.15) is 5.75 Å². The van der Waals surface area contributed by atoms with Gasteiger partial charge in [0.15, 0.2) is 6.61 Å². The normalized spacial score (nSPS) is 15.1. The van der Waals surface area contributed by atoms with E-state index in [9.17, 15) is 9.59 Å². The Bertz CT molecular complexity index is 544. The number of carbonyl (C=O) groups is 2. The summed E-state index contributed by atoms with van der Waals surface area (Å²) >= 11 is 0. The van der Waals surface area contributed by atoms with E-state index in [2.05, 4.69) is 0 Å². The van der Waals surface area contributed by atoms with Gasteiger partial charge in [0.05, 0.1) is 13.0 Å². The Hall–Kier alpha value is -2.08. The Morgan fingerprint density at radius 1 is 1.00 bits per heavy atom. The van der Waals surface area contributed by atoms with Crippen LogP contribution in [0, 0.1) is 6.92 Å². The average Bonchev–Trinajstić information content (AvgIpc) is 2.85. The van der Waals surface area contributed by atoms with Gasteiger partial charge in [-0.25, -0.2) is 0 Å². The van der Waals surface area contributed by atoms with Crippen LogP contribution in [0.4, 0.5) is 0 Å². The zero-order valence-corrected chi connectivity index (χ0v) is 14.5. The Labute approximate surface area is 143 Å². The highest BCUT2D eigenvalue weighted by molar-refractivity contribution is 5.78. The molecule has 0 aliphatic carbocycles. The number of nitrogens with zero attached hydrogens (tertiary/aromatic N) is 2. The summed E-state index contributed by atoms with van der Waals surface area (Å²) < 4.78 is 10.5. The van der Waals surface area contributed by atoms with Crippen LogP contribution in [0.3, 0.4) is 0 Å². The van der Waals surface area contributed by atoms with Crippen LogP contribution >= 0.6 is 0 Å². The number of benzene rings is 1. The number of hydrogen-bond acceptors (Lipinski definition) is 4. The smallest absolute Gasteiger partial charge is 0.260 e. The molecule has 1 aromatic rings. The van der Waals surface area contributed by atoms with Crippen molar-refractivity contribution in [2.75, 3.05) is 46.5 Å². The molecule has 0 N–H and O–H groups in total. The molecule has 2 rings (SSSR count). The Morgan fingerprint density at radius 3 is 2.25 bits per heavy atom. The van der Waals surface area contributed by atoms with Gasteiger partial charge in [0, 0.05) is 33.3 Å². The maximum absolute atomic E-state index is 12.3. The summed E-state index contributed by atoms with van der Waals surface area (Å²) in [6, 6.07) is 7.63. The molecule has 0 atom stereocenters. The molecule has 1 saturated heterocycles. The molecule has 6 nitrogen and oxygen atoms in total. The Balaban J connectivity index is 1.78. The molecule has 2 amide bonds. The first-order valence-corrected chi connectivity index (χ1v) is 8.34. The van der Waals surface area contributed by atoms with Crippen LogP contribution in [0.2, 0.25) is 0 Å². The van der Waals surface area contributed by atoms with Crippen molar-refractivity contribution in [1.82, 2.24) is 9.80 Å². The fourth-order valence-corrected chi connectivity index (χ4v) is 2.63. The van der Waals surface area contributed by atoms with Crippen LogP contribution in [-0.2, 0) is 14.3 Å². The van der Waals surface area contributed by atoms with E-state index >= 15 is 0 Å². The maximum Gasteiger partial charge on any atom is 0.260 e. The minimum absolute atomic E-state index is 0.0285. The van der Waals surface area contributed by atoms with Crippen molar-refractivity contribution in [3.63, 3.8) is 0 Å². The predicted molar refractivity (Wildman–Crippen MR) is 90.9 cm³/mol. The second-order valence-corrected chi connectivity index (χ2v) is 5.96. The third-order valence-corrected chi connectivity index (χ3v) is 4.10. The number of carbonyl (C=O) groups excluding carboxylic acids is 2. The van der Waals surface area contributed by atoms with E-state index in [1.54, 1.807) is 12.0 Å². The van der Waals surface area contributed by atoms with Gasteiger partial charge >= 0.3 is 0 Å². The fraction of sp³-hybridized carbons (Fsp3) is 0.556. The molecule has 24 heavy (non-hydrogen) atoms. The monoisotopic (exact) mass is 334 g/mol. The van der Waals surface area contributed by atoms with Crippen LogP contribution in [0.5, 0.6) is 5.75 Å². The van der Waals surface area contributed by atoms with Crippen molar-refractivity contribution in [3.05, 3.63) is 29.8 Å². The molecule has 0 saturated carbocycles. The zero-order valence-electron chi connectivity index (χ0n) is 14.5. The van der Waals surface area contributed by atoms with Crippen LogP contribution in [-0.4, -0.2) is 68.1 Å². The average molecular weight is 334 g/mol. The van der Waals surface area contributed by atoms with Gasteiger partial charge in [-0.05, 0) is 25.5 Å². The number of ether oxygens (including phenoxy) is 2. The lowest BCUT2D eigenvalue weighted by molar-refractivity contribution is -0.135. The summed E-state index contributed by atoms with van der Waals surface area (Å²) in [5, 5.41) is 0. The van der Waals surface area contributed by atoms with E-state index in [0.717, 1.165) is 12.0 Å². The van der Waals surface area contributed by atoms with E-state index in [0.29, 0.717) is 45.0 Å². The topological polar surface area (TPSA) is 59.1 Å². The second kappa shape index (κ2) is 9.27. The highest BCUT2D eigenvalue weighted by Crippen LogP contribution is 2.12. The molecule has 1 heterocycles. The van der Waals surface area contributed by atoms with E-state index in [4.69, 9.17) is 9.47 Å². The third-order valence-electron chi connectivity index (χ3n) is 4.10. The largest absolute Gasteiger partial charge is 0.484 e. The maximum atomic E-state index is 12.3. The quantitative estimate of drug-likeness (QED) is 0.790. The molecule has 0 bridgehead atoms. The summed E-state index contributed by atoms with van der Waals surface area (Å²) in [6.45, 7) is 4.93. The number of methoxy groups -OCH3 is 1. The molecule has 0 unspecified atom stereocenters. The summed E-state index contributed by atoms with van der Waals surface area (Å²) in [5.74, 6) is 0.740. The summed E-state index contributed by atoms with van der Waals surface area (Å²) in [5.41, 5.74) is 1.15. The Kier molecular flexibility index (Phi) is 7.06. The van der Waals surface area contributed by atoms with E-state index in [1.165, 1.54) is 0 Å². The lowest BCUT2D eigenvalue weighted by Gasteiger charge is -2.22. The lowest BCUT2D eigenvalue weighted by Crippen LogP contribution is -2.39. The first kappa shape index (κ1) is 18.3. The number of amides is 2. The van der Waals surface area contributed by atoms with Gasteiger partial charge in [0.2, 0.25) is 5.91 Å². The summed E-state index contributed by atoms with van der Waals surface area (Å²) in [4.78, 5) is 27.9. The fourth-order valence-electron chi connectivity index (χ4n) is 2.63. The van der Waals surface area contributed by atoms with Crippen molar-refractivity contribution in [2.24, 2.45) is 0 Å². The van der Waals surface area contributed by atoms with E-state index < -0.39 is 0 Å². The summed E-state index contributed by atoms with van der Waals surface area (Å²) in [6.07, 6.45) is 1.18. The summed E-state index contributed by atoms with van der Waals surface area (Å²) in [7, 11) is 1.59. The zero-order chi connectivity index (χ0) is 17.4. The molecular formula is C18H26N2O4. The SMILES string of the molecule is COCCC(=O)N1CCCN(C(=O)COc2ccc(C)cc2)CC1. The first-order valence-electron chi connectivity index (χ1n) is 8.34. The number of hydrogen-bond donors (Lipinski definition) is 0. The number of rotatable bonds is 6. The molecular weight excluding hydrogens is 308 g/mol. The van der Waals surface area contributed by atoms with Crippen LogP contribution in [0.1, 0.15) is 18.4 Å². The molecule has 0 spiro atoms. The lowest BCUT2D eigenvalue weighted by atomic mass is 10.2. The molecule has 1 aromatic carbocycles. The van der Waals surface area contributed by atoms with Gasteiger partial charge in [-0.15, -0.1) is 0 Å². The minimum atomic E-state index is -0.0400.